The molecule has 0 aliphatic carbocycles. The summed E-state index contributed by atoms with van der Waals surface area (Å²) < 4.78 is 0. The summed E-state index contributed by atoms with van der Waals surface area (Å²) in [5.74, 6) is 0.347. The molecule has 2 heterocycles. The van der Waals surface area contributed by atoms with Gasteiger partial charge in [0.2, 0.25) is 5.91 Å². The molecule has 4 heteroatoms. The Morgan fingerprint density at radius 3 is 2.41 bits per heavy atom. The number of nitrogens with zero attached hydrogens (tertiary/aromatic N) is 3. The van der Waals surface area contributed by atoms with Crippen LogP contribution in [-0.4, -0.2) is 46.9 Å². The predicted octanol–water partition coefficient (Wildman–Crippen LogP) is 3.09. The molecule has 0 unspecified atom stereocenters. The number of rotatable bonds is 8. The zero-order valence-electron chi connectivity index (χ0n) is 13.8. The minimum atomic E-state index is 0.347. The van der Waals surface area contributed by atoms with Gasteiger partial charge in [0.1, 0.15) is 0 Å². The van der Waals surface area contributed by atoms with Gasteiger partial charge in [0.05, 0.1) is 0 Å². The predicted molar refractivity (Wildman–Crippen MR) is 89.5 cm³/mol. The van der Waals surface area contributed by atoms with E-state index in [2.05, 4.69) is 28.9 Å². The third kappa shape index (κ3) is 5.76. The Morgan fingerprint density at radius 2 is 1.73 bits per heavy atom. The van der Waals surface area contributed by atoms with Crippen LogP contribution in [0.2, 0.25) is 0 Å². The lowest BCUT2D eigenvalue weighted by atomic mass is 10.1. The molecule has 1 saturated heterocycles. The Morgan fingerprint density at radius 1 is 1.05 bits per heavy atom. The molecule has 122 valence electrons. The van der Waals surface area contributed by atoms with Gasteiger partial charge in [-0.05, 0) is 24.1 Å². The first-order chi connectivity index (χ1) is 10.8. The lowest BCUT2D eigenvalue weighted by molar-refractivity contribution is -0.133. The molecular weight excluding hydrogens is 274 g/mol. The summed E-state index contributed by atoms with van der Waals surface area (Å²) in [4.78, 5) is 20.7. The second-order valence-corrected chi connectivity index (χ2v) is 6.18. The molecule has 0 aromatic carbocycles. The Bertz CT molecular complexity index is 427. The van der Waals surface area contributed by atoms with Crippen molar-refractivity contribution in [1.82, 2.24) is 14.8 Å². The first-order valence-electron chi connectivity index (χ1n) is 8.68. The molecule has 0 N–H and O–H groups in total. The summed E-state index contributed by atoms with van der Waals surface area (Å²) in [6.07, 6.45) is 10.5. The maximum absolute atomic E-state index is 12.2. The molecule has 4 nitrogen and oxygen atoms in total. The molecule has 1 fully saturated rings. The van der Waals surface area contributed by atoms with Gasteiger partial charge in [-0.3, -0.25) is 14.7 Å². The number of carbonyl (C=O) groups excluding carboxylic acids is 1. The summed E-state index contributed by atoms with van der Waals surface area (Å²) in [6.45, 7) is 6.88. The number of hydrogen-bond donors (Lipinski definition) is 0. The van der Waals surface area contributed by atoms with Crippen molar-refractivity contribution >= 4 is 5.91 Å². The van der Waals surface area contributed by atoms with E-state index in [9.17, 15) is 4.79 Å². The minimum Gasteiger partial charge on any atom is -0.340 e. The number of hydrogen-bond acceptors (Lipinski definition) is 3. The lowest BCUT2D eigenvalue weighted by Gasteiger charge is -2.34. The molecule has 1 aliphatic heterocycles. The number of aromatic nitrogens is 1. The van der Waals surface area contributed by atoms with Crippen LogP contribution in [0.3, 0.4) is 0 Å². The molecule has 0 spiro atoms. The van der Waals surface area contributed by atoms with Crippen molar-refractivity contribution in [3.05, 3.63) is 30.1 Å². The highest BCUT2D eigenvalue weighted by Crippen LogP contribution is 2.11. The number of piperazine rings is 1. The summed E-state index contributed by atoms with van der Waals surface area (Å²) in [6, 6.07) is 4.13. The summed E-state index contributed by atoms with van der Waals surface area (Å²) >= 11 is 0. The van der Waals surface area contributed by atoms with E-state index >= 15 is 0 Å². The zero-order chi connectivity index (χ0) is 15.6. The molecule has 1 aromatic rings. The fourth-order valence-corrected chi connectivity index (χ4v) is 2.94. The van der Waals surface area contributed by atoms with Crippen molar-refractivity contribution in [2.45, 2.75) is 52.0 Å². The van der Waals surface area contributed by atoms with E-state index in [1.807, 2.05) is 17.3 Å². The van der Waals surface area contributed by atoms with Crippen molar-refractivity contribution < 1.29 is 4.79 Å². The maximum atomic E-state index is 12.2. The monoisotopic (exact) mass is 303 g/mol. The number of amides is 1. The summed E-state index contributed by atoms with van der Waals surface area (Å²) in [5, 5.41) is 0. The van der Waals surface area contributed by atoms with E-state index in [1.54, 1.807) is 0 Å². The zero-order valence-corrected chi connectivity index (χ0v) is 13.8. The average Bonchev–Trinajstić information content (AvgIpc) is 2.56. The minimum absolute atomic E-state index is 0.347. The van der Waals surface area contributed by atoms with Crippen LogP contribution in [0.4, 0.5) is 0 Å². The van der Waals surface area contributed by atoms with Crippen LogP contribution in [0.25, 0.3) is 0 Å². The van der Waals surface area contributed by atoms with Crippen LogP contribution in [0, 0.1) is 0 Å². The second-order valence-electron chi connectivity index (χ2n) is 6.18. The van der Waals surface area contributed by atoms with Gasteiger partial charge in [-0.2, -0.15) is 0 Å². The lowest BCUT2D eigenvalue weighted by Crippen LogP contribution is -2.48. The number of pyridine rings is 1. The van der Waals surface area contributed by atoms with E-state index in [-0.39, 0.29) is 0 Å². The highest BCUT2D eigenvalue weighted by atomic mass is 16.2. The van der Waals surface area contributed by atoms with Crippen molar-refractivity contribution in [2.24, 2.45) is 0 Å². The van der Waals surface area contributed by atoms with Gasteiger partial charge in [0.15, 0.2) is 0 Å². The summed E-state index contributed by atoms with van der Waals surface area (Å²) in [7, 11) is 0. The number of unbranched alkanes of at least 4 members (excludes halogenated alkanes) is 4. The normalized spacial score (nSPS) is 16.0. The van der Waals surface area contributed by atoms with E-state index in [0.717, 1.165) is 45.6 Å². The van der Waals surface area contributed by atoms with Gasteiger partial charge in [-0.25, -0.2) is 0 Å². The number of carbonyl (C=O) groups is 1. The maximum Gasteiger partial charge on any atom is 0.222 e. The van der Waals surface area contributed by atoms with E-state index in [4.69, 9.17) is 0 Å². The van der Waals surface area contributed by atoms with Gasteiger partial charge in [-0.15, -0.1) is 0 Å². The third-order valence-corrected chi connectivity index (χ3v) is 4.37. The largest absolute Gasteiger partial charge is 0.340 e. The molecule has 0 saturated carbocycles. The van der Waals surface area contributed by atoms with Crippen LogP contribution in [0.15, 0.2) is 24.5 Å². The smallest absolute Gasteiger partial charge is 0.222 e. The van der Waals surface area contributed by atoms with Crippen LogP contribution in [0.5, 0.6) is 0 Å². The van der Waals surface area contributed by atoms with Crippen LogP contribution < -0.4 is 0 Å². The summed E-state index contributed by atoms with van der Waals surface area (Å²) in [5.41, 5.74) is 1.30. The molecule has 1 amide bonds. The topological polar surface area (TPSA) is 36.4 Å². The quantitative estimate of drug-likeness (QED) is 0.692. The van der Waals surface area contributed by atoms with Crippen LogP contribution in [-0.2, 0) is 11.3 Å². The molecular formula is C18H29N3O. The van der Waals surface area contributed by atoms with E-state index < -0.39 is 0 Å². The Kier molecular flexibility index (Phi) is 7.37. The van der Waals surface area contributed by atoms with Gasteiger partial charge in [0.25, 0.3) is 0 Å². The first-order valence-corrected chi connectivity index (χ1v) is 8.68. The fourth-order valence-electron chi connectivity index (χ4n) is 2.94. The highest BCUT2D eigenvalue weighted by Gasteiger charge is 2.20. The Labute approximate surface area is 134 Å². The SMILES string of the molecule is CCCCCCCC(=O)N1CCN(Cc2ccncc2)CC1. The van der Waals surface area contributed by atoms with Gasteiger partial charge in [0, 0.05) is 51.5 Å². The highest BCUT2D eigenvalue weighted by molar-refractivity contribution is 5.76. The Hall–Kier alpha value is -1.42. The molecule has 1 aromatic heterocycles. The molecule has 2 rings (SSSR count). The van der Waals surface area contributed by atoms with Crippen molar-refractivity contribution in [3.8, 4) is 0 Å². The first kappa shape index (κ1) is 16.9. The second kappa shape index (κ2) is 9.57. The van der Waals surface area contributed by atoms with Crippen LogP contribution in [0.1, 0.15) is 51.0 Å². The van der Waals surface area contributed by atoms with Gasteiger partial charge >= 0.3 is 0 Å². The van der Waals surface area contributed by atoms with Gasteiger partial charge in [-0.1, -0.05) is 32.6 Å². The van der Waals surface area contributed by atoms with Crippen LogP contribution >= 0.6 is 0 Å². The molecule has 0 bridgehead atoms. The van der Waals surface area contributed by atoms with E-state index in [1.165, 1.54) is 31.2 Å². The average molecular weight is 303 g/mol. The standard InChI is InChI=1S/C18H29N3O/c1-2-3-4-5-6-7-18(22)21-14-12-20(13-15-21)16-17-8-10-19-11-9-17/h8-11H,2-7,12-16H2,1H3. The van der Waals surface area contributed by atoms with Crippen molar-refractivity contribution in [2.75, 3.05) is 26.2 Å². The molecule has 1 aliphatic rings. The molecule has 22 heavy (non-hydrogen) atoms. The molecule has 0 radical (unpaired) electrons. The van der Waals surface area contributed by atoms with Crippen molar-refractivity contribution in [3.63, 3.8) is 0 Å². The van der Waals surface area contributed by atoms with Gasteiger partial charge < -0.3 is 4.90 Å². The van der Waals surface area contributed by atoms with Crippen molar-refractivity contribution in [1.29, 1.82) is 0 Å². The molecule has 0 atom stereocenters. The third-order valence-electron chi connectivity index (χ3n) is 4.37. The van der Waals surface area contributed by atoms with E-state index in [0.29, 0.717) is 5.91 Å². The fraction of sp³-hybridized carbons (Fsp3) is 0.667. The Balaban J connectivity index is 1.63.